The lowest BCUT2D eigenvalue weighted by Crippen LogP contribution is -2.29. The molecule has 1 aliphatic heterocycles. The molecule has 19 heavy (non-hydrogen) atoms. The Kier molecular flexibility index (Phi) is 5.25. The minimum atomic E-state index is 0.677. The third-order valence-corrected chi connectivity index (χ3v) is 4.06. The highest BCUT2D eigenvalue weighted by molar-refractivity contribution is 5.25. The van der Waals surface area contributed by atoms with Gasteiger partial charge in [0.1, 0.15) is 0 Å². The minimum Gasteiger partial charge on any atom is -0.355 e. The number of aromatic nitrogens is 2. The van der Waals surface area contributed by atoms with E-state index in [-0.39, 0.29) is 0 Å². The summed E-state index contributed by atoms with van der Waals surface area (Å²) in [5.74, 6) is 1.80. The zero-order valence-electron chi connectivity index (χ0n) is 12.6. The van der Waals surface area contributed by atoms with Crippen LogP contribution in [0.5, 0.6) is 0 Å². The fourth-order valence-electron chi connectivity index (χ4n) is 2.72. The number of imidazole rings is 1. The zero-order valence-corrected chi connectivity index (χ0v) is 12.6. The van der Waals surface area contributed by atoms with E-state index in [1.165, 1.54) is 32.4 Å². The van der Waals surface area contributed by atoms with Crippen LogP contribution in [-0.4, -0.2) is 40.1 Å². The standard InChI is InChI=1S/C15H28N4/c1-4-5-8-18-10-7-16-15(18)17-11-14-6-9-19(12-14)13(2)3/h7,10,13-14H,4-6,8-9,11-12H2,1-3H3,(H,16,17). The van der Waals surface area contributed by atoms with Gasteiger partial charge in [0.05, 0.1) is 0 Å². The second-order valence-corrected chi connectivity index (χ2v) is 5.92. The van der Waals surface area contributed by atoms with Crippen LogP contribution in [0.25, 0.3) is 0 Å². The first-order valence-electron chi connectivity index (χ1n) is 7.69. The Morgan fingerprint density at radius 2 is 2.32 bits per heavy atom. The van der Waals surface area contributed by atoms with Crippen molar-refractivity contribution in [3.63, 3.8) is 0 Å². The van der Waals surface area contributed by atoms with Crippen LogP contribution in [0.15, 0.2) is 12.4 Å². The van der Waals surface area contributed by atoms with Crippen molar-refractivity contribution in [2.24, 2.45) is 5.92 Å². The summed E-state index contributed by atoms with van der Waals surface area (Å²) in [6.45, 7) is 11.4. The van der Waals surface area contributed by atoms with E-state index in [1.54, 1.807) is 0 Å². The number of rotatable bonds is 7. The maximum Gasteiger partial charge on any atom is 0.202 e. The number of hydrogen-bond acceptors (Lipinski definition) is 3. The largest absolute Gasteiger partial charge is 0.355 e. The summed E-state index contributed by atoms with van der Waals surface area (Å²) in [6, 6.07) is 0.677. The monoisotopic (exact) mass is 264 g/mol. The normalized spacial score (nSPS) is 20.3. The van der Waals surface area contributed by atoms with E-state index >= 15 is 0 Å². The van der Waals surface area contributed by atoms with Crippen molar-refractivity contribution in [2.75, 3.05) is 25.0 Å². The Labute approximate surface area is 117 Å². The fourth-order valence-corrected chi connectivity index (χ4v) is 2.72. The smallest absolute Gasteiger partial charge is 0.202 e. The topological polar surface area (TPSA) is 33.1 Å². The van der Waals surface area contributed by atoms with Crippen LogP contribution in [0.1, 0.15) is 40.0 Å². The van der Waals surface area contributed by atoms with Gasteiger partial charge < -0.3 is 14.8 Å². The molecule has 2 heterocycles. The van der Waals surface area contributed by atoms with Crippen molar-refractivity contribution in [1.29, 1.82) is 0 Å². The predicted octanol–water partition coefficient (Wildman–Crippen LogP) is 2.83. The number of anilines is 1. The molecule has 1 aliphatic rings. The van der Waals surface area contributed by atoms with Crippen LogP contribution in [0.4, 0.5) is 5.95 Å². The van der Waals surface area contributed by atoms with Gasteiger partial charge >= 0.3 is 0 Å². The highest BCUT2D eigenvalue weighted by Gasteiger charge is 2.24. The molecule has 108 valence electrons. The number of aryl methyl sites for hydroxylation is 1. The third-order valence-electron chi connectivity index (χ3n) is 4.06. The van der Waals surface area contributed by atoms with Gasteiger partial charge in [-0.25, -0.2) is 4.98 Å². The van der Waals surface area contributed by atoms with E-state index in [9.17, 15) is 0 Å². The SMILES string of the molecule is CCCCn1ccnc1NCC1CCN(C(C)C)C1. The summed E-state index contributed by atoms with van der Waals surface area (Å²) >= 11 is 0. The van der Waals surface area contributed by atoms with Crippen LogP contribution in [0.3, 0.4) is 0 Å². The Morgan fingerprint density at radius 3 is 3.00 bits per heavy atom. The van der Waals surface area contributed by atoms with Crippen LogP contribution in [0.2, 0.25) is 0 Å². The van der Waals surface area contributed by atoms with Crippen molar-refractivity contribution in [3.8, 4) is 0 Å². The molecule has 1 unspecified atom stereocenters. The van der Waals surface area contributed by atoms with Crippen LogP contribution >= 0.6 is 0 Å². The van der Waals surface area contributed by atoms with E-state index in [4.69, 9.17) is 0 Å². The molecule has 0 spiro atoms. The molecule has 0 bridgehead atoms. The van der Waals surface area contributed by atoms with Crippen molar-refractivity contribution in [3.05, 3.63) is 12.4 Å². The van der Waals surface area contributed by atoms with Gasteiger partial charge in [0.25, 0.3) is 0 Å². The first-order chi connectivity index (χ1) is 9.20. The summed E-state index contributed by atoms with van der Waals surface area (Å²) in [6.07, 6.45) is 7.72. The maximum atomic E-state index is 4.42. The Hall–Kier alpha value is -1.03. The molecular formula is C15H28N4. The van der Waals surface area contributed by atoms with Gasteiger partial charge in [0, 0.05) is 38.1 Å². The lowest BCUT2D eigenvalue weighted by molar-refractivity contribution is 0.266. The maximum absolute atomic E-state index is 4.42. The molecule has 4 heteroatoms. The van der Waals surface area contributed by atoms with Gasteiger partial charge in [-0.2, -0.15) is 0 Å². The minimum absolute atomic E-state index is 0.677. The molecule has 1 N–H and O–H groups in total. The van der Waals surface area contributed by atoms with Crippen molar-refractivity contribution in [2.45, 2.75) is 52.6 Å². The molecule has 1 saturated heterocycles. The molecule has 0 saturated carbocycles. The Bertz CT molecular complexity index is 372. The molecule has 1 fully saturated rings. The summed E-state index contributed by atoms with van der Waals surface area (Å²) < 4.78 is 2.23. The average molecular weight is 264 g/mol. The summed E-state index contributed by atoms with van der Waals surface area (Å²) in [7, 11) is 0. The van der Waals surface area contributed by atoms with E-state index in [1.807, 2.05) is 6.20 Å². The summed E-state index contributed by atoms with van der Waals surface area (Å²) in [5.41, 5.74) is 0. The molecule has 1 aromatic rings. The molecule has 1 atom stereocenters. The zero-order chi connectivity index (χ0) is 13.7. The Morgan fingerprint density at radius 1 is 1.47 bits per heavy atom. The molecule has 0 aliphatic carbocycles. The fraction of sp³-hybridized carbons (Fsp3) is 0.800. The van der Waals surface area contributed by atoms with Gasteiger partial charge in [-0.3, -0.25) is 0 Å². The van der Waals surface area contributed by atoms with Crippen molar-refractivity contribution >= 4 is 5.95 Å². The summed E-state index contributed by atoms with van der Waals surface area (Å²) in [4.78, 5) is 6.99. The van der Waals surface area contributed by atoms with Gasteiger partial charge in [-0.1, -0.05) is 13.3 Å². The second-order valence-electron chi connectivity index (χ2n) is 5.92. The van der Waals surface area contributed by atoms with E-state index in [2.05, 4.69) is 46.7 Å². The number of unbranched alkanes of at least 4 members (excludes halogenated alkanes) is 1. The first-order valence-corrected chi connectivity index (χ1v) is 7.69. The molecule has 0 aromatic carbocycles. The van der Waals surface area contributed by atoms with Gasteiger partial charge in [-0.15, -0.1) is 0 Å². The third kappa shape index (κ3) is 3.96. The highest BCUT2D eigenvalue weighted by Crippen LogP contribution is 2.19. The number of hydrogen-bond donors (Lipinski definition) is 1. The molecule has 0 radical (unpaired) electrons. The van der Waals surface area contributed by atoms with E-state index in [0.717, 1.165) is 25.0 Å². The van der Waals surface area contributed by atoms with E-state index < -0.39 is 0 Å². The van der Waals surface area contributed by atoms with Gasteiger partial charge in [-0.05, 0) is 39.2 Å². The van der Waals surface area contributed by atoms with Crippen molar-refractivity contribution in [1.82, 2.24) is 14.5 Å². The first kappa shape index (κ1) is 14.4. The molecule has 2 rings (SSSR count). The molecule has 4 nitrogen and oxygen atoms in total. The lowest BCUT2D eigenvalue weighted by Gasteiger charge is -2.20. The molecule has 1 aromatic heterocycles. The van der Waals surface area contributed by atoms with E-state index in [0.29, 0.717) is 6.04 Å². The van der Waals surface area contributed by atoms with Crippen LogP contribution < -0.4 is 5.32 Å². The van der Waals surface area contributed by atoms with Gasteiger partial charge in [0.15, 0.2) is 0 Å². The van der Waals surface area contributed by atoms with Crippen LogP contribution in [-0.2, 0) is 6.54 Å². The number of likely N-dealkylation sites (tertiary alicyclic amines) is 1. The lowest BCUT2D eigenvalue weighted by atomic mass is 10.1. The number of nitrogens with one attached hydrogen (secondary N) is 1. The van der Waals surface area contributed by atoms with Gasteiger partial charge in [0.2, 0.25) is 5.95 Å². The quantitative estimate of drug-likeness (QED) is 0.822. The number of nitrogens with zero attached hydrogens (tertiary/aromatic N) is 3. The molecule has 0 amide bonds. The predicted molar refractivity (Wildman–Crippen MR) is 80.4 cm³/mol. The average Bonchev–Trinajstić information content (AvgIpc) is 3.02. The highest BCUT2D eigenvalue weighted by atomic mass is 15.2. The molecular weight excluding hydrogens is 236 g/mol. The second kappa shape index (κ2) is 6.94. The Balaban J connectivity index is 1.78. The van der Waals surface area contributed by atoms with Crippen molar-refractivity contribution < 1.29 is 0 Å². The summed E-state index contributed by atoms with van der Waals surface area (Å²) in [5, 5.41) is 3.53. The van der Waals surface area contributed by atoms with Crippen LogP contribution in [0, 0.1) is 5.92 Å².